The number of hydrogen-bond acceptors (Lipinski definition) is 3. The molecule has 4 rings (SSSR count). The van der Waals surface area contributed by atoms with Crippen molar-refractivity contribution in [3.8, 4) is 0 Å². The monoisotopic (exact) mass is 403 g/mol. The zero-order chi connectivity index (χ0) is 19.8. The lowest BCUT2D eigenvalue weighted by molar-refractivity contribution is -0.117. The molecule has 0 atom stereocenters. The molecule has 144 valence electrons. The van der Waals surface area contributed by atoms with Gasteiger partial charge in [-0.05, 0) is 30.3 Å². The zero-order valence-corrected chi connectivity index (χ0v) is 15.4. The molecule has 0 unspecified atom stereocenters. The van der Waals surface area contributed by atoms with Gasteiger partial charge in [0.15, 0.2) is 17.1 Å². The number of rotatable bonds is 3. The molecule has 0 spiro atoms. The van der Waals surface area contributed by atoms with Gasteiger partial charge in [-0.15, -0.1) is 0 Å². The number of carbonyl (C=O) groups is 1. The second-order valence-electron chi connectivity index (χ2n) is 6.74. The van der Waals surface area contributed by atoms with Gasteiger partial charge in [0.1, 0.15) is 0 Å². The maximum Gasteiger partial charge on any atom is 0.238 e. The second kappa shape index (κ2) is 7.33. The van der Waals surface area contributed by atoms with Crippen LogP contribution in [0.4, 0.5) is 14.5 Å². The van der Waals surface area contributed by atoms with Gasteiger partial charge in [-0.25, -0.2) is 8.78 Å². The molecule has 0 saturated carbocycles. The molecule has 8 heteroatoms. The number of aromatic amines is 1. The molecule has 3 aromatic rings. The van der Waals surface area contributed by atoms with E-state index in [0.717, 1.165) is 23.3 Å². The summed E-state index contributed by atoms with van der Waals surface area (Å²) in [6, 6.07) is 8.31. The molecular formula is C20H16ClF2N3O2. The van der Waals surface area contributed by atoms with Crippen LogP contribution in [0.2, 0.25) is 5.02 Å². The highest BCUT2D eigenvalue weighted by molar-refractivity contribution is 6.31. The van der Waals surface area contributed by atoms with Crippen LogP contribution in [-0.2, 0) is 17.8 Å². The average molecular weight is 404 g/mol. The number of halogens is 3. The predicted octanol–water partition coefficient (Wildman–Crippen LogP) is 3.46. The number of fused-ring (bicyclic) bond motifs is 2. The van der Waals surface area contributed by atoms with E-state index >= 15 is 0 Å². The topological polar surface area (TPSA) is 65.2 Å². The number of anilines is 1. The maximum absolute atomic E-state index is 13.3. The van der Waals surface area contributed by atoms with Crippen LogP contribution in [0, 0.1) is 11.6 Å². The molecular weight excluding hydrogens is 388 g/mol. The number of amides is 1. The number of pyridine rings is 1. The Labute approximate surface area is 163 Å². The summed E-state index contributed by atoms with van der Waals surface area (Å²) in [6.45, 7) is 0.941. The summed E-state index contributed by atoms with van der Waals surface area (Å²) in [5, 5.41) is 3.54. The van der Waals surface area contributed by atoms with E-state index in [9.17, 15) is 18.4 Å². The Morgan fingerprint density at radius 2 is 2.00 bits per heavy atom. The van der Waals surface area contributed by atoms with Crippen LogP contribution in [0.15, 0.2) is 41.2 Å². The van der Waals surface area contributed by atoms with E-state index in [-0.39, 0.29) is 23.6 Å². The molecule has 0 bridgehead atoms. The quantitative estimate of drug-likeness (QED) is 0.704. The van der Waals surface area contributed by atoms with Crippen LogP contribution in [-0.4, -0.2) is 28.9 Å². The van der Waals surface area contributed by atoms with Crippen LogP contribution in [0.5, 0.6) is 0 Å². The Hall–Kier alpha value is -2.77. The highest BCUT2D eigenvalue weighted by atomic mass is 35.5. The fourth-order valence-corrected chi connectivity index (χ4v) is 3.59. The first kappa shape index (κ1) is 18.6. The van der Waals surface area contributed by atoms with E-state index in [1.165, 1.54) is 6.07 Å². The number of aromatic nitrogens is 1. The summed E-state index contributed by atoms with van der Waals surface area (Å²) in [7, 11) is 0. The molecule has 1 aliphatic heterocycles. The van der Waals surface area contributed by atoms with Crippen LogP contribution in [0.3, 0.4) is 0 Å². The lowest BCUT2D eigenvalue weighted by Crippen LogP contribution is -2.39. The Kier molecular flexibility index (Phi) is 4.87. The molecule has 28 heavy (non-hydrogen) atoms. The number of carbonyl (C=O) groups excluding carboxylic acids is 1. The number of nitrogens with zero attached hydrogens (tertiary/aromatic N) is 1. The third kappa shape index (κ3) is 3.63. The summed E-state index contributed by atoms with van der Waals surface area (Å²) >= 11 is 6.00. The Morgan fingerprint density at radius 3 is 2.79 bits per heavy atom. The highest BCUT2D eigenvalue weighted by Crippen LogP contribution is 2.21. The Bertz CT molecular complexity index is 1150. The summed E-state index contributed by atoms with van der Waals surface area (Å²) in [6.07, 6.45) is 0.599. The van der Waals surface area contributed by atoms with Gasteiger partial charge < -0.3 is 10.3 Å². The molecule has 0 aliphatic carbocycles. The van der Waals surface area contributed by atoms with Crippen LogP contribution in [0.25, 0.3) is 10.9 Å². The van der Waals surface area contributed by atoms with Crippen LogP contribution >= 0.6 is 11.6 Å². The molecule has 5 nitrogen and oxygen atoms in total. The summed E-state index contributed by atoms with van der Waals surface area (Å²) in [5.74, 6) is -2.37. The molecule has 1 amide bonds. The van der Waals surface area contributed by atoms with E-state index in [0.29, 0.717) is 35.5 Å². The number of hydrogen-bond donors (Lipinski definition) is 2. The maximum atomic E-state index is 13.3. The summed E-state index contributed by atoms with van der Waals surface area (Å²) < 4.78 is 26.3. The first-order chi connectivity index (χ1) is 13.4. The van der Waals surface area contributed by atoms with Gasteiger partial charge in [-0.1, -0.05) is 11.6 Å². The van der Waals surface area contributed by atoms with Crippen LogP contribution < -0.4 is 10.7 Å². The molecule has 0 radical (unpaired) electrons. The molecule has 2 aromatic carbocycles. The first-order valence-corrected chi connectivity index (χ1v) is 9.09. The standard InChI is InChI=1S/C20H16ClF2N3O2/c21-11-1-4-17-13(7-11)20(28)14-9-26(6-5-18(14)25-17)10-19(27)24-12-2-3-15(22)16(23)8-12/h1-4,7-8H,5-6,9-10H2,(H,24,27)(H,25,28). The van der Waals surface area contributed by atoms with Gasteiger partial charge in [0.2, 0.25) is 5.91 Å². The van der Waals surface area contributed by atoms with Crippen molar-refractivity contribution in [2.24, 2.45) is 0 Å². The van der Waals surface area contributed by atoms with E-state index in [2.05, 4.69) is 10.3 Å². The SMILES string of the molecule is O=C(CN1CCc2[nH]c3ccc(Cl)cc3c(=O)c2C1)Nc1ccc(F)c(F)c1. The lowest BCUT2D eigenvalue weighted by atomic mass is 10.0. The van der Waals surface area contributed by atoms with Gasteiger partial charge >= 0.3 is 0 Å². The number of benzene rings is 2. The van der Waals surface area contributed by atoms with Crippen molar-refractivity contribution in [2.75, 3.05) is 18.4 Å². The van der Waals surface area contributed by atoms with Gasteiger partial charge in [0.05, 0.1) is 6.54 Å². The van der Waals surface area contributed by atoms with Crippen molar-refractivity contribution in [3.05, 3.63) is 74.5 Å². The van der Waals surface area contributed by atoms with Crippen molar-refractivity contribution in [3.63, 3.8) is 0 Å². The fraction of sp³-hybridized carbons (Fsp3) is 0.200. The van der Waals surface area contributed by atoms with E-state index in [1.807, 2.05) is 4.90 Å². The Balaban J connectivity index is 1.51. The largest absolute Gasteiger partial charge is 0.358 e. The van der Waals surface area contributed by atoms with Gasteiger partial charge in [-0.3, -0.25) is 14.5 Å². The molecule has 2 N–H and O–H groups in total. The van der Waals surface area contributed by atoms with E-state index in [1.54, 1.807) is 18.2 Å². The molecule has 1 aliphatic rings. The molecule has 0 fully saturated rings. The third-order valence-electron chi connectivity index (χ3n) is 4.78. The fourth-order valence-electron chi connectivity index (χ4n) is 3.42. The van der Waals surface area contributed by atoms with Crippen molar-refractivity contribution in [1.29, 1.82) is 0 Å². The smallest absolute Gasteiger partial charge is 0.238 e. The first-order valence-electron chi connectivity index (χ1n) is 8.71. The predicted molar refractivity (Wildman–Crippen MR) is 104 cm³/mol. The normalized spacial score (nSPS) is 14.1. The molecule has 0 saturated heterocycles. The summed E-state index contributed by atoms with van der Waals surface area (Å²) in [5.41, 5.74) is 2.29. The number of H-pyrrole nitrogens is 1. The Morgan fingerprint density at radius 1 is 1.18 bits per heavy atom. The third-order valence-corrected chi connectivity index (χ3v) is 5.02. The van der Waals surface area contributed by atoms with Gasteiger partial charge in [0, 0.05) is 58.4 Å². The van der Waals surface area contributed by atoms with E-state index < -0.39 is 11.6 Å². The average Bonchev–Trinajstić information content (AvgIpc) is 2.66. The van der Waals surface area contributed by atoms with Crippen molar-refractivity contribution >= 4 is 34.1 Å². The number of nitrogens with one attached hydrogen (secondary N) is 2. The summed E-state index contributed by atoms with van der Waals surface area (Å²) in [4.78, 5) is 30.2. The van der Waals surface area contributed by atoms with Crippen molar-refractivity contribution in [2.45, 2.75) is 13.0 Å². The van der Waals surface area contributed by atoms with Crippen molar-refractivity contribution < 1.29 is 13.6 Å². The molecule has 2 heterocycles. The lowest BCUT2D eigenvalue weighted by Gasteiger charge is -2.27. The zero-order valence-electron chi connectivity index (χ0n) is 14.7. The minimum atomic E-state index is -1.03. The van der Waals surface area contributed by atoms with E-state index in [4.69, 9.17) is 11.6 Å². The minimum Gasteiger partial charge on any atom is -0.358 e. The van der Waals surface area contributed by atoms with Crippen molar-refractivity contribution in [1.82, 2.24) is 9.88 Å². The van der Waals surface area contributed by atoms with Gasteiger partial charge in [0.25, 0.3) is 0 Å². The molecule has 1 aromatic heterocycles. The van der Waals surface area contributed by atoms with Gasteiger partial charge in [-0.2, -0.15) is 0 Å². The van der Waals surface area contributed by atoms with Crippen LogP contribution in [0.1, 0.15) is 11.3 Å². The second-order valence-corrected chi connectivity index (χ2v) is 7.18. The minimum absolute atomic E-state index is 0.0332. The highest BCUT2D eigenvalue weighted by Gasteiger charge is 2.22.